The van der Waals surface area contributed by atoms with Crippen molar-refractivity contribution in [3.05, 3.63) is 36.2 Å². The molecule has 4 rings (SSSR count). The summed E-state index contributed by atoms with van der Waals surface area (Å²) in [6.07, 6.45) is 3.36. The molecule has 6 nitrogen and oxygen atoms in total. The Balaban J connectivity index is 1.47. The predicted octanol–water partition coefficient (Wildman–Crippen LogP) is 1.09. The minimum atomic E-state index is -0.201. The zero-order valence-electron chi connectivity index (χ0n) is 11.5. The van der Waals surface area contributed by atoms with Crippen LogP contribution >= 0.6 is 0 Å². The van der Waals surface area contributed by atoms with Gasteiger partial charge in [-0.1, -0.05) is 30.3 Å². The van der Waals surface area contributed by atoms with E-state index in [1.807, 2.05) is 30.3 Å². The molecule has 1 aromatic heterocycles. The smallest absolute Gasteiger partial charge is 0.291 e. The highest BCUT2D eigenvalue weighted by atomic mass is 16.2. The third kappa shape index (κ3) is 2.31. The first-order valence-electron chi connectivity index (χ1n) is 7.34. The van der Waals surface area contributed by atoms with Gasteiger partial charge in [-0.05, 0) is 19.3 Å². The number of hydrogen-bond acceptors (Lipinski definition) is 4. The van der Waals surface area contributed by atoms with Crippen LogP contribution in [0.15, 0.2) is 30.3 Å². The molecule has 6 heteroatoms. The number of nitrogens with zero attached hydrogens (tertiary/aromatic N) is 2. The summed E-state index contributed by atoms with van der Waals surface area (Å²) in [5.74, 6) is 0.622. The largest absolute Gasteiger partial charge is 0.345 e. The summed E-state index contributed by atoms with van der Waals surface area (Å²) in [5, 5.41) is 13.4. The molecule has 0 unspecified atom stereocenters. The molecule has 2 fully saturated rings. The number of nitrogens with one attached hydrogen (secondary N) is 3. The van der Waals surface area contributed by atoms with Gasteiger partial charge < -0.3 is 10.6 Å². The highest BCUT2D eigenvalue weighted by Gasteiger charge is 2.40. The van der Waals surface area contributed by atoms with Crippen molar-refractivity contribution in [1.82, 2.24) is 25.8 Å². The number of aromatic amines is 1. The van der Waals surface area contributed by atoms with Crippen molar-refractivity contribution < 1.29 is 4.79 Å². The maximum Gasteiger partial charge on any atom is 0.291 e. The normalized spacial score (nSPS) is 27.0. The highest BCUT2D eigenvalue weighted by Crippen LogP contribution is 2.28. The van der Waals surface area contributed by atoms with Crippen LogP contribution in [-0.2, 0) is 0 Å². The van der Waals surface area contributed by atoms with Gasteiger partial charge in [0.2, 0.25) is 5.82 Å². The van der Waals surface area contributed by atoms with Crippen molar-refractivity contribution in [3.8, 4) is 11.4 Å². The van der Waals surface area contributed by atoms with Gasteiger partial charge in [0.05, 0.1) is 0 Å². The van der Waals surface area contributed by atoms with Crippen LogP contribution in [0.25, 0.3) is 11.4 Å². The summed E-state index contributed by atoms with van der Waals surface area (Å²) in [6.45, 7) is 0. The lowest BCUT2D eigenvalue weighted by molar-refractivity contribution is 0.0921. The van der Waals surface area contributed by atoms with Crippen LogP contribution in [0.2, 0.25) is 0 Å². The van der Waals surface area contributed by atoms with E-state index in [2.05, 4.69) is 25.8 Å². The first-order valence-corrected chi connectivity index (χ1v) is 7.34. The fraction of sp³-hybridized carbons (Fsp3) is 0.400. The number of carbonyl (C=O) groups is 1. The van der Waals surface area contributed by atoms with Crippen LogP contribution in [0.5, 0.6) is 0 Å². The van der Waals surface area contributed by atoms with Crippen LogP contribution in [0.3, 0.4) is 0 Å². The van der Waals surface area contributed by atoms with E-state index in [0.717, 1.165) is 18.4 Å². The summed E-state index contributed by atoms with van der Waals surface area (Å²) < 4.78 is 0. The van der Waals surface area contributed by atoms with Gasteiger partial charge in [0.15, 0.2) is 5.82 Å². The minimum Gasteiger partial charge on any atom is -0.345 e. The third-order valence-corrected chi connectivity index (χ3v) is 4.35. The van der Waals surface area contributed by atoms with Gasteiger partial charge in [-0.15, -0.1) is 5.10 Å². The summed E-state index contributed by atoms with van der Waals surface area (Å²) in [7, 11) is 0. The molecule has 2 bridgehead atoms. The van der Waals surface area contributed by atoms with E-state index in [4.69, 9.17) is 0 Å². The van der Waals surface area contributed by atoms with Gasteiger partial charge in [0.25, 0.3) is 5.91 Å². The summed E-state index contributed by atoms with van der Waals surface area (Å²) in [5.41, 5.74) is 0.922. The van der Waals surface area contributed by atoms with E-state index in [0.29, 0.717) is 17.9 Å². The van der Waals surface area contributed by atoms with Gasteiger partial charge >= 0.3 is 0 Å². The molecule has 2 aliphatic heterocycles. The maximum atomic E-state index is 12.2. The van der Waals surface area contributed by atoms with Gasteiger partial charge in [0, 0.05) is 23.7 Å². The van der Waals surface area contributed by atoms with Gasteiger partial charge in [-0.2, -0.15) is 0 Å². The lowest BCUT2D eigenvalue weighted by Gasteiger charge is -2.20. The summed E-state index contributed by atoms with van der Waals surface area (Å²) in [4.78, 5) is 16.5. The third-order valence-electron chi connectivity index (χ3n) is 4.35. The molecule has 0 spiro atoms. The van der Waals surface area contributed by atoms with E-state index in [1.165, 1.54) is 6.42 Å². The van der Waals surface area contributed by atoms with E-state index in [1.54, 1.807) is 0 Å². The van der Waals surface area contributed by atoms with E-state index in [-0.39, 0.29) is 17.8 Å². The van der Waals surface area contributed by atoms with Crippen LogP contribution in [0.1, 0.15) is 29.9 Å². The van der Waals surface area contributed by atoms with Crippen molar-refractivity contribution in [2.45, 2.75) is 37.4 Å². The Labute approximate surface area is 122 Å². The van der Waals surface area contributed by atoms with Crippen molar-refractivity contribution in [2.24, 2.45) is 0 Å². The Bertz CT molecular complexity index is 653. The molecular formula is C15H17N5O. The number of hydrogen-bond donors (Lipinski definition) is 3. The fourth-order valence-corrected chi connectivity index (χ4v) is 3.31. The van der Waals surface area contributed by atoms with Crippen LogP contribution < -0.4 is 10.6 Å². The van der Waals surface area contributed by atoms with Gasteiger partial charge in [0.1, 0.15) is 0 Å². The topological polar surface area (TPSA) is 82.7 Å². The molecule has 2 saturated heterocycles. The minimum absolute atomic E-state index is 0.201. The highest BCUT2D eigenvalue weighted by molar-refractivity contribution is 5.91. The van der Waals surface area contributed by atoms with Crippen molar-refractivity contribution in [3.63, 3.8) is 0 Å². The Hall–Kier alpha value is -2.21. The second kappa shape index (κ2) is 4.96. The number of fused-ring (bicyclic) bond motifs is 2. The summed E-state index contributed by atoms with van der Waals surface area (Å²) >= 11 is 0. The monoisotopic (exact) mass is 283 g/mol. The quantitative estimate of drug-likeness (QED) is 0.787. The lowest BCUT2D eigenvalue weighted by atomic mass is 9.95. The Kier molecular flexibility index (Phi) is 2.96. The number of carbonyl (C=O) groups excluding carboxylic acids is 1. The molecular weight excluding hydrogens is 266 g/mol. The fourth-order valence-electron chi connectivity index (χ4n) is 3.31. The van der Waals surface area contributed by atoms with Crippen LogP contribution in [0, 0.1) is 0 Å². The first-order chi connectivity index (χ1) is 10.3. The molecule has 3 heterocycles. The average molecular weight is 283 g/mol. The predicted molar refractivity (Wildman–Crippen MR) is 77.6 cm³/mol. The Morgan fingerprint density at radius 2 is 2.10 bits per heavy atom. The number of rotatable bonds is 3. The van der Waals surface area contributed by atoms with Crippen LogP contribution in [-0.4, -0.2) is 39.2 Å². The molecule has 3 atom stereocenters. The molecule has 1 amide bonds. The molecule has 108 valence electrons. The molecule has 21 heavy (non-hydrogen) atoms. The zero-order valence-corrected chi connectivity index (χ0v) is 11.5. The van der Waals surface area contributed by atoms with Crippen molar-refractivity contribution in [1.29, 1.82) is 0 Å². The second-order valence-corrected chi connectivity index (χ2v) is 5.74. The van der Waals surface area contributed by atoms with Gasteiger partial charge in [-0.3, -0.25) is 9.89 Å². The zero-order chi connectivity index (χ0) is 14.2. The number of amides is 1. The van der Waals surface area contributed by atoms with Crippen molar-refractivity contribution >= 4 is 5.91 Å². The van der Waals surface area contributed by atoms with Crippen LogP contribution in [0.4, 0.5) is 0 Å². The molecule has 1 aromatic carbocycles. The lowest BCUT2D eigenvalue weighted by Crippen LogP contribution is -2.43. The number of aromatic nitrogens is 3. The molecule has 0 saturated carbocycles. The standard InChI is InChI=1S/C15H17N5O/c21-15(17-12-8-10-6-7-11(12)16-10)14-18-13(19-20-14)9-4-2-1-3-5-9/h1-5,10-12,16H,6-8H2,(H,17,21)(H,18,19,20)/t10-,11+,12-/m1/s1. The number of benzene rings is 1. The second-order valence-electron chi connectivity index (χ2n) is 5.74. The first kappa shape index (κ1) is 12.5. The maximum absolute atomic E-state index is 12.2. The summed E-state index contributed by atoms with van der Waals surface area (Å²) in [6, 6.07) is 10.8. The molecule has 0 radical (unpaired) electrons. The molecule has 0 aliphatic carbocycles. The molecule has 2 aromatic rings. The van der Waals surface area contributed by atoms with E-state index in [9.17, 15) is 4.79 Å². The van der Waals surface area contributed by atoms with E-state index >= 15 is 0 Å². The average Bonchev–Trinajstić information content (AvgIpc) is 3.24. The number of H-pyrrole nitrogens is 1. The van der Waals surface area contributed by atoms with Gasteiger partial charge in [-0.25, -0.2) is 4.98 Å². The molecule has 3 N–H and O–H groups in total. The van der Waals surface area contributed by atoms with E-state index < -0.39 is 0 Å². The Morgan fingerprint density at radius 3 is 2.81 bits per heavy atom. The molecule has 2 aliphatic rings. The van der Waals surface area contributed by atoms with Crippen molar-refractivity contribution in [2.75, 3.05) is 0 Å². The SMILES string of the molecule is O=C(N[C@@H]1C[C@H]2CC[C@@H]1N2)c1n[nH]c(-c2ccccc2)n1. The Morgan fingerprint density at radius 1 is 1.24 bits per heavy atom.